The highest BCUT2D eigenvalue weighted by Crippen LogP contribution is 2.17. The summed E-state index contributed by atoms with van der Waals surface area (Å²) in [6.45, 7) is 5.97. The van der Waals surface area contributed by atoms with Gasteiger partial charge in [-0.2, -0.15) is 9.50 Å². The molecule has 8 nitrogen and oxygen atoms in total. The van der Waals surface area contributed by atoms with Gasteiger partial charge >= 0.3 is 0 Å². The molecule has 0 amide bonds. The fourth-order valence-electron chi connectivity index (χ4n) is 2.91. The third kappa shape index (κ3) is 2.53. The monoisotopic (exact) mass is 324 g/mol. The largest absolute Gasteiger partial charge is 0.340 e. The Balaban J connectivity index is 1.63. The maximum absolute atomic E-state index is 4.61. The number of aryl methyl sites for hydroxylation is 3. The van der Waals surface area contributed by atoms with Gasteiger partial charge in [-0.25, -0.2) is 14.6 Å². The first-order valence-corrected chi connectivity index (χ1v) is 8.15. The lowest BCUT2D eigenvalue weighted by atomic mass is 10.3. The molecular weight excluding hydrogens is 304 g/mol. The van der Waals surface area contributed by atoms with E-state index >= 15 is 0 Å². The zero-order valence-corrected chi connectivity index (χ0v) is 14.1. The van der Waals surface area contributed by atoms with Gasteiger partial charge in [0.2, 0.25) is 5.95 Å². The van der Waals surface area contributed by atoms with Crippen molar-refractivity contribution in [2.75, 3.05) is 18.0 Å². The summed E-state index contributed by atoms with van der Waals surface area (Å²) in [5.41, 5.74) is 1.83. The van der Waals surface area contributed by atoms with Gasteiger partial charge in [-0.15, -0.1) is 10.2 Å². The van der Waals surface area contributed by atoms with E-state index in [2.05, 4.69) is 30.0 Å². The summed E-state index contributed by atoms with van der Waals surface area (Å²) in [7, 11) is 1.90. The van der Waals surface area contributed by atoms with Gasteiger partial charge in [0, 0.05) is 31.9 Å². The predicted octanol–water partition coefficient (Wildman–Crippen LogP) is 1.64. The second-order valence-electron chi connectivity index (χ2n) is 6.11. The first-order chi connectivity index (χ1) is 11.6. The molecule has 0 radical (unpaired) electrons. The molecule has 4 rings (SSSR count). The Morgan fingerprint density at radius 1 is 1.04 bits per heavy atom. The number of hydrogen-bond acceptors (Lipinski definition) is 6. The Morgan fingerprint density at radius 3 is 2.58 bits per heavy atom. The van der Waals surface area contributed by atoms with Gasteiger partial charge in [-0.05, 0) is 38.8 Å². The van der Waals surface area contributed by atoms with Crippen LogP contribution in [-0.4, -0.2) is 47.4 Å². The molecular formula is C16H20N8. The van der Waals surface area contributed by atoms with E-state index in [0.29, 0.717) is 5.82 Å². The molecule has 3 aromatic rings. The number of nitrogens with zero attached hydrogens (tertiary/aromatic N) is 8. The lowest BCUT2D eigenvalue weighted by molar-refractivity contribution is 0.747. The van der Waals surface area contributed by atoms with Crippen molar-refractivity contribution in [3.05, 3.63) is 29.2 Å². The van der Waals surface area contributed by atoms with E-state index in [-0.39, 0.29) is 0 Å². The fourth-order valence-corrected chi connectivity index (χ4v) is 2.91. The van der Waals surface area contributed by atoms with Gasteiger partial charge in [-0.3, -0.25) is 0 Å². The van der Waals surface area contributed by atoms with Gasteiger partial charge < -0.3 is 4.90 Å². The quantitative estimate of drug-likeness (QED) is 0.729. The first-order valence-electron chi connectivity index (χ1n) is 8.15. The van der Waals surface area contributed by atoms with Crippen molar-refractivity contribution in [2.45, 2.75) is 26.7 Å². The van der Waals surface area contributed by atoms with Crippen LogP contribution in [0, 0.1) is 13.8 Å². The van der Waals surface area contributed by atoms with Crippen molar-refractivity contribution in [3.63, 3.8) is 0 Å². The Hall–Kier alpha value is -2.77. The average Bonchev–Trinajstić information content (AvgIpc) is 3.28. The van der Waals surface area contributed by atoms with E-state index in [1.165, 1.54) is 12.8 Å². The van der Waals surface area contributed by atoms with Crippen LogP contribution >= 0.6 is 0 Å². The van der Waals surface area contributed by atoms with Crippen molar-refractivity contribution in [2.24, 2.45) is 7.05 Å². The molecule has 0 bridgehead atoms. The molecule has 1 aliphatic heterocycles. The summed E-state index contributed by atoms with van der Waals surface area (Å²) < 4.78 is 3.55. The molecule has 124 valence electrons. The average molecular weight is 324 g/mol. The fraction of sp³-hybridized carbons (Fsp3) is 0.438. The van der Waals surface area contributed by atoms with Crippen LogP contribution in [0.1, 0.15) is 35.9 Å². The predicted molar refractivity (Wildman–Crippen MR) is 91.6 cm³/mol. The van der Waals surface area contributed by atoms with Crippen molar-refractivity contribution >= 4 is 23.7 Å². The number of hydrogen-bond donors (Lipinski definition) is 0. The lowest BCUT2D eigenvalue weighted by Crippen LogP contribution is -2.19. The van der Waals surface area contributed by atoms with E-state index < -0.39 is 0 Å². The number of anilines is 1. The summed E-state index contributed by atoms with van der Waals surface area (Å²) in [6, 6.07) is 0. The first kappa shape index (κ1) is 14.8. The maximum atomic E-state index is 4.61. The molecule has 8 heteroatoms. The molecule has 0 unspecified atom stereocenters. The lowest BCUT2D eigenvalue weighted by Gasteiger charge is -2.10. The van der Waals surface area contributed by atoms with E-state index in [0.717, 1.165) is 41.9 Å². The Morgan fingerprint density at radius 2 is 1.83 bits per heavy atom. The van der Waals surface area contributed by atoms with Crippen molar-refractivity contribution in [1.29, 1.82) is 0 Å². The highest BCUT2D eigenvalue weighted by atomic mass is 15.4. The smallest absolute Gasteiger partial charge is 0.245 e. The summed E-state index contributed by atoms with van der Waals surface area (Å²) in [5, 5.41) is 8.99. The van der Waals surface area contributed by atoms with Gasteiger partial charge in [0.1, 0.15) is 5.82 Å². The molecule has 0 aromatic carbocycles. The van der Waals surface area contributed by atoms with Crippen LogP contribution in [0.15, 0.2) is 6.20 Å². The van der Waals surface area contributed by atoms with Crippen LogP contribution in [0.25, 0.3) is 17.8 Å². The molecule has 1 saturated heterocycles. The topological polar surface area (TPSA) is 77.0 Å². The highest BCUT2D eigenvalue weighted by Gasteiger charge is 2.17. The van der Waals surface area contributed by atoms with Crippen LogP contribution in [0.2, 0.25) is 0 Å². The molecule has 1 aliphatic rings. The van der Waals surface area contributed by atoms with Crippen LogP contribution in [0.5, 0.6) is 0 Å². The maximum Gasteiger partial charge on any atom is 0.245 e. The minimum Gasteiger partial charge on any atom is -0.340 e. The SMILES string of the molecule is Cc1cnc(C)n2nc(C=Cc3nc(N4CCCC4)nn3C)nc12. The molecule has 0 aliphatic carbocycles. The molecule has 0 atom stereocenters. The standard InChI is InChI=1S/C16H20N8/c1-11-10-17-12(2)24-15(11)18-13(20-24)6-7-14-19-16(21-22(14)3)23-8-4-5-9-23/h6-7,10H,4-5,8-9H2,1-3H3. The van der Waals surface area contributed by atoms with Crippen LogP contribution < -0.4 is 4.90 Å². The van der Waals surface area contributed by atoms with Crippen LogP contribution in [-0.2, 0) is 7.05 Å². The second-order valence-corrected chi connectivity index (χ2v) is 6.11. The van der Waals surface area contributed by atoms with Crippen molar-refractivity contribution in [1.82, 2.24) is 34.3 Å². The number of fused-ring (bicyclic) bond motifs is 1. The third-order valence-electron chi connectivity index (χ3n) is 4.28. The van der Waals surface area contributed by atoms with Gasteiger partial charge in [0.25, 0.3) is 0 Å². The molecule has 1 fully saturated rings. The van der Waals surface area contributed by atoms with Gasteiger partial charge in [-0.1, -0.05) is 0 Å². The normalized spacial score (nSPS) is 15.2. The van der Waals surface area contributed by atoms with E-state index in [9.17, 15) is 0 Å². The molecule has 0 N–H and O–H groups in total. The molecule has 0 spiro atoms. The summed E-state index contributed by atoms with van der Waals surface area (Å²) in [5.74, 6) is 3.05. The van der Waals surface area contributed by atoms with Crippen LogP contribution in [0.3, 0.4) is 0 Å². The molecule has 4 heterocycles. The van der Waals surface area contributed by atoms with Gasteiger partial charge in [0.15, 0.2) is 17.3 Å². The van der Waals surface area contributed by atoms with E-state index in [1.807, 2.05) is 39.2 Å². The van der Waals surface area contributed by atoms with Gasteiger partial charge in [0.05, 0.1) is 0 Å². The van der Waals surface area contributed by atoms with Crippen LogP contribution in [0.4, 0.5) is 5.95 Å². The minimum atomic E-state index is 0.639. The molecule has 24 heavy (non-hydrogen) atoms. The zero-order valence-electron chi connectivity index (χ0n) is 14.1. The zero-order chi connectivity index (χ0) is 16.7. The Kier molecular flexibility index (Phi) is 3.51. The number of rotatable bonds is 3. The minimum absolute atomic E-state index is 0.639. The number of aromatic nitrogens is 7. The summed E-state index contributed by atoms with van der Waals surface area (Å²) in [4.78, 5) is 15.7. The summed E-state index contributed by atoms with van der Waals surface area (Å²) >= 11 is 0. The molecule has 0 saturated carbocycles. The van der Waals surface area contributed by atoms with E-state index in [1.54, 1.807) is 9.20 Å². The highest BCUT2D eigenvalue weighted by molar-refractivity contribution is 5.65. The van der Waals surface area contributed by atoms with Crippen molar-refractivity contribution < 1.29 is 0 Å². The third-order valence-corrected chi connectivity index (χ3v) is 4.28. The van der Waals surface area contributed by atoms with E-state index in [4.69, 9.17) is 0 Å². The summed E-state index contributed by atoms with van der Waals surface area (Å²) in [6.07, 6.45) is 8.00. The second kappa shape index (κ2) is 5.70. The van der Waals surface area contributed by atoms with Crippen molar-refractivity contribution in [3.8, 4) is 0 Å². The Labute approximate surface area is 139 Å². The molecule has 3 aromatic heterocycles. The Bertz CT molecular complexity index is 875.